The maximum absolute atomic E-state index is 6.18. The Hall–Kier alpha value is -0.760. The van der Waals surface area contributed by atoms with E-state index < -0.39 is 0 Å². The Morgan fingerprint density at radius 1 is 1.04 bits per heavy atom. The number of terminal acetylenes is 1. The first-order chi connectivity index (χ1) is 11.5. The van der Waals surface area contributed by atoms with Gasteiger partial charge < -0.3 is 14.2 Å². The van der Waals surface area contributed by atoms with Gasteiger partial charge in [0.2, 0.25) is 0 Å². The van der Waals surface area contributed by atoms with Crippen molar-refractivity contribution in [1.29, 1.82) is 0 Å². The standard InChI is InChI=1S/C17H18Cl4O3/c1-2-7-22-8-4-3-5-9-24-17-14(18)11-13(12-15(17)19)23-10-6-16(20)21/h1,6,11-12H,3-5,7-10H2. The zero-order valence-electron chi connectivity index (χ0n) is 13.0. The van der Waals surface area contributed by atoms with Crippen LogP contribution in [0.3, 0.4) is 0 Å². The second kappa shape index (κ2) is 12.6. The third-order valence-corrected chi connectivity index (χ3v) is 3.69. The lowest BCUT2D eigenvalue weighted by Crippen LogP contribution is -2.01. The van der Waals surface area contributed by atoms with Crippen molar-refractivity contribution in [2.75, 3.05) is 26.4 Å². The van der Waals surface area contributed by atoms with Crippen molar-refractivity contribution in [2.24, 2.45) is 0 Å². The lowest BCUT2D eigenvalue weighted by Gasteiger charge is -2.12. The monoisotopic (exact) mass is 410 g/mol. The predicted octanol–water partition coefficient (Wildman–Crippen LogP) is 5.89. The van der Waals surface area contributed by atoms with Crippen molar-refractivity contribution in [3.05, 3.63) is 32.7 Å². The van der Waals surface area contributed by atoms with Gasteiger partial charge in [-0.1, -0.05) is 52.3 Å². The van der Waals surface area contributed by atoms with Crippen LogP contribution in [0, 0.1) is 12.3 Å². The van der Waals surface area contributed by atoms with Crippen LogP contribution in [-0.2, 0) is 4.74 Å². The number of rotatable bonds is 11. The van der Waals surface area contributed by atoms with Crippen molar-refractivity contribution in [3.8, 4) is 23.8 Å². The highest BCUT2D eigenvalue weighted by atomic mass is 35.5. The van der Waals surface area contributed by atoms with Gasteiger partial charge in [-0.3, -0.25) is 0 Å². The van der Waals surface area contributed by atoms with E-state index in [-0.39, 0.29) is 11.1 Å². The molecule has 0 aliphatic heterocycles. The maximum atomic E-state index is 6.18. The summed E-state index contributed by atoms with van der Waals surface area (Å²) in [6.45, 7) is 1.73. The van der Waals surface area contributed by atoms with E-state index in [1.54, 1.807) is 12.1 Å². The Morgan fingerprint density at radius 2 is 1.71 bits per heavy atom. The van der Waals surface area contributed by atoms with Gasteiger partial charge in [-0.05, 0) is 25.3 Å². The molecular formula is C17H18Cl4O3. The fraction of sp³-hybridized carbons (Fsp3) is 0.412. The molecule has 0 N–H and O–H groups in total. The number of benzene rings is 1. The molecule has 0 saturated carbocycles. The molecule has 0 radical (unpaired) electrons. The quantitative estimate of drug-likeness (QED) is 0.335. The summed E-state index contributed by atoms with van der Waals surface area (Å²) in [6.07, 6.45) is 9.36. The van der Waals surface area contributed by atoms with Crippen LogP contribution in [0.4, 0.5) is 0 Å². The van der Waals surface area contributed by atoms with Crippen LogP contribution in [0.2, 0.25) is 10.0 Å². The van der Waals surface area contributed by atoms with Gasteiger partial charge in [0.05, 0.1) is 16.7 Å². The Bertz CT molecular complexity index is 555. The molecule has 0 aliphatic carbocycles. The largest absolute Gasteiger partial charge is 0.490 e. The minimum absolute atomic E-state index is 0.136. The first-order valence-electron chi connectivity index (χ1n) is 7.31. The molecule has 0 fully saturated rings. The van der Waals surface area contributed by atoms with E-state index in [0.29, 0.717) is 41.4 Å². The van der Waals surface area contributed by atoms with Gasteiger partial charge in [-0.2, -0.15) is 0 Å². The highest BCUT2D eigenvalue weighted by Gasteiger charge is 2.10. The minimum atomic E-state index is 0.136. The van der Waals surface area contributed by atoms with Gasteiger partial charge in [0.1, 0.15) is 23.5 Å². The summed E-state index contributed by atoms with van der Waals surface area (Å²) in [5.41, 5.74) is 0. The molecule has 0 atom stereocenters. The molecule has 0 heterocycles. The first kappa shape index (κ1) is 21.3. The van der Waals surface area contributed by atoms with Crippen LogP contribution in [0.25, 0.3) is 0 Å². The van der Waals surface area contributed by atoms with Crippen molar-refractivity contribution < 1.29 is 14.2 Å². The van der Waals surface area contributed by atoms with Crippen molar-refractivity contribution in [2.45, 2.75) is 19.3 Å². The zero-order chi connectivity index (χ0) is 17.8. The Kier molecular flexibility index (Phi) is 11.2. The molecule has 0 amide bonds. The van der Waals surface area contributed by atoms with Crippen LogP contribution < -0.4 is 9.47 Å². The van der Waals surface area contributed by atoms with E-state index in [4.69, 9.17) is 67.0 Å². The van der Waals surface area contributed by atoms with Gasteiger partial charge in [-0.15, -0.1) is 6.42 Å². The van der Waals surface area contributed by atoms with Gasteiger partial charge in [0.25, 0.3) is 0 Å². The molecule has 0 saturated heterocycles. The molecular weight excluding hydrogens is 394 g/mol. The van der Waals surface area contributed by atoms with E-state index in [1.807, 2.05) is 0 Å². The molecule has 0 aliphatic rings. The fourth-order valence-corrected chi connectivity index (χ4v) is 2.45. The second-order valence-electron chi connectivity index (χ2n) is 4.69. The molecule has 0 spiro atoms. The van der Waals surface area contributed by atoms with Crippen LogP contribution in [0.5, 0.6) is 11.5 Å². The van der Waals surface area contributed by atoms with Crippen molar-refractivity contribution >= 4 is 46.4 Å². The third-order valence-electron chi connectivity index (χ3n) is 2.82. The SMILES string of the molecule is C#CCOCCCCCOc1c(Cl)cc(OCC=C(Cl)Cl)cc1Cl. The lowest BCUT2D eigenvalue weighted by atomic mass is 10.2. The van der Waals surface area contributed by atoms with Crippen LogP contribution in [0.1, 0.15) is 19.3 Å². The molecule has 1 rings (SSSR count). The topological polar surface area (TPSA) is 27.7 Å². The van der Waals surface area contributed by atoms with Crippen molar-refractivity contribution in [1.82, 2.24) is 0 Å². The number of hydrogen-bond donors (Lipinski definition) is 0. The molecule has 0 bridgehead atoms. The minimum Gasteiger partial charge on any atom is -0.490 e. The molecule has 3 nitrogen and oxygen atoms in total. The number of ether oxygens (including phenoxy) is 3. The van der Waals surface area contributed by atoms with E-state index in [9.17, 15) is 0 Å². The summed E-state index contributed by atoms with van der Waals surface area (Å²) in [4.78, 5) is 0. The summed E-state index contributed by atoms with van der Waals surface area (Å²) in [7, 11) is 0. The molecule has 0 unspecified atom stereocenters. The summed E-state index contributed by atoms with van der Waals surface area (Å²) >= 11 is 23.4. The number of hydrogen-bond acceptors (Lipinski definition) is 3. The van der Waals surface area contributed by atoms with E-state index in [2.05, 4.69) is 5.92 Å². The van der Waals surface area contributed by atoms with Crippen LogP contribution in [-0.4, -0.2) is 26.4 Å². The fourth-order valence-electron chi connectivity index (χ4n) is 1.75. The molecule has 0 aromatic heterocycles. The highest BCUT2D eigenvalue weighted by Crippen LogP contribution is 2.37. The third kappa shape index (κ3) is 8.92. The average molecular weight is 412 g/mol. The molecule has 7 heteroatoms. The lowest BCUT2D eigenvalue weighted by molar-refractivity contribution is 0.160. The Balaban J connectivity index is 2.38. The molecule has 24 heavy (non-hydrogen) atoms. The van der Waals surface area contributed by atoms with Crippen molar-refractivity contribution in [3.63, 3.8) is 0 Å². The van der Waals surface area contributed by atoms with Gasteiger partial charge in [-0.25, -0.2) is 0 Å². The van der Waals surface area contributed by atoms with Gasteiger partial charge in [0, 0.05) is 18.7 Å². The average Bonchev–Trinajstić information content (AvgIpc) is 2.51. The first-order valence-corrected chi connectivity index (χ1v) is 8.82. The molecule has 1 aromatic rings. The van der Waals surface area contributed by atoms with Gasteiger partial charge >= 0.3 is 0 Å². The summed E-state index contributed by atoms with van der Waals surface area (Å²) in [6, 6.07) is 3.26. The van der Waals surface area contributed by atoms with E-state index in [1.165, 1.54) is 6.08 Å². The summed E-state index contributed by atoms with van der Waals surface area (Å²) in [5, 5.41) is 0.770. The van der Waals surface area contributed by atoms with E-state index >= 15 is 0 Å². The molecule has 132 valence electrons. The smallest absolute Gasteiger partial charge is 0.156 e. The summed E-state index contributed by atoms with van der Waals surface area (Å²) in [5.74, 6) is 3.38. The van der Waals surface area contributed by atoms with Gasteiger partial charge in [0.15, 0.2) is 5.75 Å². The summed E-state index contributed by atoms with van der Waals surface area (Å²) < 4.78 is 16.4. The Labute approximate surface area is 162 Å². The van der Waals surface area contributed by atoms with Crippen LogP contribution >= 0.6 is 46.4 Å². The Morgan fingerprint density at radius 3 is 2.33 bits per heavy atom. The predicted molar refractivity (Wildman–Crippen MR) is 101 cm³/mol. The number of halogens is 4. The zero-order valence-corrected chi connectivity index (χ0v) is 16.0. The van der Waals surface area contributed by atoms with E-state index in [0.717, 1.165) is 19.3 Å². The highest BCUT2D eigenvalue weighted by molar-refractivity contribution is 6.55. The second-order valence-corrected chi connectivity index (χ2v) is 6.51. The number of unbranched alkanes of at least 4 members (excludes halogenated alkanes) is 2. The molecule has 1 aromatic carbocycles. The van der Waals surface area contributed by atoms with Crippen LogP contribution in [0.15, 0.2) is 22.7 Å². The normalized spacial score (nSPS) is 10.1. The maximum Gasteiger partial charge on any atom is 0.156 e.